The van der Waals surface area contributed by atoms with E-state index in [1.165, 1.54) is 31.3 Å². The molecule has 124 valence electrons. The molecule has 3 nitrogen and oxygen atoms in total. The number of hydrogen-bond acceptors (Lipinski definition) is 3. The van der Waals surface area contributed by atoms with Gasteiger partial charge in [0.15, 0.2) is 0 Å². The molecular formula is C19H30O3. The molecule has 1 spiro atoms. The van der Waals surface area contributed by atoms with E-state index in [1.54, 1.807) is 12.7 Å². The Kier molecular flexibility index (Phi) is 4.50. The molecule has 2 aliphatic carbocycles. The molecule has 3 rings (SSSR count). The van der Waals surface area contributed by atoms with E-state index < -0.39 is 0 Å². The first-order valence-electron chi connectivity index (χ1n) is 8.65. The average molecular weight is 306 g/mol. The Morgan fingerprint density at radius 3 is 2.59 bits per heavy atom. The van der Waals surface area contributed by atoms with E-state index in [1.807, 2.05) is 0 Å². The van der Waals surface area contributed by atoms with Crippen molar-refractivity contribution in [2.24, 2.45) is 5.92 Å². The van der Waals surface area contributed by atoms with Crippen molar-refractivity contribution in [3.05, 3.63) is 23.8 Å². The lowest BCUT2D eigenvalue weighted by atomic mass is 9.68. The minimum Gasteiger partial charge on any atom is -0.377 e. The Bertz CT molecular complexity index is 451. The first-order chi connectivity index (χ1) is 10.5. The molecule has 1 heterocycles. The Labute approximate surface area is 134 Å². The standard InChI is InChI=1S/C19H30O3/c1-14-9-11-19(13-22-19)17(16(14)20-4)18(2,3)21-12-10-15-7-5-6-8-15/h10,16-17H,1,5-9,11-13H2,2-4H3/t16-,17-,19+/m1/s1. The third-order valence-electron chi connectivity index (χ3n) is 5.73. The maximum absolute atomic E-state index is 6.31. The van der Waals surface area contributed by atoms with Crippen molar-refractivity contribution >= 4 is 0 Å². The summed E-state index contributed by atoms with van der Waals surface area (Å²) in [5, 5.41) is 0. The molecule has 0 radical (unpaired) electrons. The van der Waals surface area contributed by atoms with Gasteiger partial charge in [-0.05, 0) is 57.9 Å². The van der Waals surface area contributed by atoms with Gasteiger partial charge in [-0.2, -0.15) is 0 Å². The van der Waals surface area contributed by atoms with Gasteiger partial charge in [0, 0.05) is 13.0 Å². The fourth-order valence-electron chi connectivity index (χ4n) is 4.40. The van der Waals surface area contributed by atoms with E-state index >= 15 is 0 Å². The van der Waals surface area contributed by atoms with Crippen LogP contribution in [0.2, 0.25) is 0 Å². The molecule has 3 aliphatic rings. The Morgan fingerprint density at radius 1 is 1.32 bits per heavy atom. The van der Waals surface area contributed by atoms with Crippen LogP contribution in [0.5, 0.6) is 0 Å². The van der Waals surface area contributed by atoms with Gasteiger partial charge in [0.25, 0.3) is 0 Å². The fourth-order valence-corrected chi connectivity index (χ4v) is 4.40. The van der Waals surface area contributed by atoms with Crippen molar-refractivity contribution in [1.29, 1.82) is 0 Å². The van der Waals surface area contributed by atoms with Crippen LogP contribution in [0.15, 0.2) is 23.8 Å². The Hall–Kier alpha value is -0.640. The highest BCUT2D eigenvalue weighted by atomic mass is 16.6. The van der Waals surface area contributed by atoms with Crippen molar-refractivity contribution in [3.63, 3.8) is 0 Å². The summed E-state index contributed by atoms with van der Waals surface area (Å²) in [6.07, 6.45) is 9.52. The maximum atomic E-state index is 6.31. The van der Waals surface area contributed by atoms with Crippen LogP contribution in [0.3, 0.4) is 0 Å². The predicted molar refractivity (Wildman–Crippen MR) is 87.9 cm³/mol. The lowest BCUT2D eigenvalue weighted by Gasteiger charge is -2.45. The SMILES string of the molecule is C=C1CC[C@]2(CO2)[C@@H](C(C)(C)OCC=C2CCCC2)[C@@H]1OC. The molecule has 2 saturated carbocycles. The van der Waals surface area contributed by atoms with E-state index in [4.69, 9.17) is 14.2 Å². The van der Waals surface area contributed by atoms with Crippen LogP contribution in [0.1, 0.15) is 52.4 Å². The monoisotopic (exact) mass is 306 g/mol. The van der Waals surface area contributed by atoms with Gasteiger partial charge in [0.1, 0.15) is 5.60 Å². The summed E-state index contributed by atoms with van der Waals surface area (Å²) in [5.41, 5.74) is 2.41. The van der Waals surface area contributed by atoms with Crippen molar-refractivity contribution in [2.45, 2.75) is 69.7 Å². The number of ether oxygens (including phenoxy) is 3. The zero-order chi connectivity index (χ0) is 15.8. The molecule has 3 fully saturated rings. The fraction of sp³-hybridized carbons (Fsp3) is 0.789. The van der Waals surface area contributed by atoms with Crippen LogP contribution < -0.4 is 0 Å². The molecule has 0 aromatic heterocycles. The smallest absolute Gasteiger partial charge is 0.100 e. The zero-order valence-electron chi connectivity index (χ0n) is 14.3. The molecule has 0 amide bonds. The molecule has 1 aliphatic heterocycles. The van der Waals surface area contributed by atoms with E-state index in [0.717, 1.165) is 19.4 Å². The molecular weight excluding hydrogens is 276 g/mol. The molecule has 0 aromatic rings. The predicted octanol–water partition coefficient (Wildman–Crippen LogP) is 4.03. The minimum absolute atomic E-state index is 0.0328. The highest BCUT2D eigenvalue weighted by Crippen LogP contribution is 2.53. The van der Waals surface area contributed by atoms with Gasteiger partial charge in [0.2, 0.25) is 0 Å². The third kappa shape index (κ3) is 3.04. The highest BCUT2D eigenvalue weighted by molar-refractivity contribution is 5.22. The molecule has 1 saturated heterocycles. The van der Waals surface area contributed by atoms with E-state index in [2.05, 4.69) is 26.5 Å². The summed E-state index contributed by atoms with van der Waals surface area (Å²) in [5.74, 6) is 0.216. The van der Waals surface area contributed by atoms with Gasteiger partial charge in [-0.15, -0.1) is 0 Å². The van der Waals surface area contributed by atoms with Crippen LogP contribution >= 0.6 is 0 Å². The number of rotatable bonds is 5. The average Bonchev–Trinajstić information content (AvgIpc) is 3.04. The number of methoxy groups -OCH3 is 1. The first kappa shape index (κ1) is 16.2. The summed E-state index contributed by atoms with van der Waals surface area (Å²) in [7, 11) is 1.78. The van der Waals surface area contributed by atoms with Crippen LogP contribution in [0, 0.1) is 5.92 Å². The maximum Gasteiger partial charge on any atom is 0.100 e. The van der Waals surface area contributed by atoms with E-state index in [-0.39, 0.29) is 23.2 Å². The molecule has 0 N–H and O–H groups in total. The highest BCUT2D eigenvalue weighted by Gasteiger charge is 2.62. The van der Waals surface area contributed by atoms with Crippen LogP contribution in [0.4, 0.5) is 0 Å². The molecule has 22 heavy (non-hydrogen) atoms. The molecule has 0 unspecified atom stereocenters. The lowest BCUT2D eigenvalue weighted by Crippen LogP contribution is -2.53. The van der Waals surface area contributed by atoms with Gasteiger partial charge >= 0.3 is 0 Å². The summed E-state index contributed by atoms with van der Waals surface area (Å²) < 4.78 is 18.0. The van der Waals surface area contributed by atoms with Crippen LogP contribution in [-0.2, 0) is 14.2 Å². The van der Waals surface area contributed by atoms with E-state index in [0.29, 0.717) is 6.61 Å². The molecule has 3 atom stereocenters. The summed E-state index contributed by atoms with van der Waals surface area (Å²) in [4.78, 5) is 0. The second kappa shape index (κ2) is 6.10. The van der Waals surface area contributed by atoms with Crippen LogP contribution in [0.25, 0.3) is 0 Å². The Morgan fingerprint density at radius 2 is 2.00 bits per heavy atom. The summed E-state index contributed by atoms with van der Waals surface area (Å²) >= 11 is 0. The first-order valence-corrected chi connectivity index (χ1v) is 8.65. The van der Waals surface area contributed by atoms with E-state index in [9.17, 15) is 0 Å². The molecule has 0 aromatic carbocycles. The normalized spacial score (nSPS) is 35.2. The largest absolute Gasteiger partial charge is 0.377 e. The topological polar surface area (TPSA) is 31.0 Å². The summed E-state index contributed by atoms with van der Waals surface area (Å²) in [6, 6.07) is 0. The van der Waals surface area contributed by atoms with Gasteiger partial charge in [-0.25, -0.2) is 0 Å². The van der Waals surface area contributed by atoms with Crippen molar-refractivity contribution < 1.29 is 14.2 Å². The van der Waals surface area contributed by atoms with Gasteiger partial charge in [0.05, 0.1) is 24.9 Å². The number of epoxide rings is 1. The zero-order valence-corrected chi connectivity index (χ0v) is 14.3. The summed E-state index contributed by atoms with van der Waals surface area (Å²) in [6.45, 7) is 10.1. The third-order valence-corrected chi connectivity index (χ3v) is 5.73. The van der Waals surface area contributed by atoms with Crippen LogP contribution in [-0.4, -0.2) is 37.6 Å². The van der Waals surface area contributed by atoms with Gasteiger partial charge in [-0.3, -0.25) is 0 Å². The number of allylic oxidation sites excluding steroid dienone is 1. The van der Waals surface area contributed by atoms with Crippen molar-refractivity contribution in [3.8, 4) is 0 Å². The minimum atomic E-state index is -0.282. The Balaban J connectivity index is 1.70. The van der Waals surface area contributed by atoms with Gasteiger partial charge in [-0.1, -0.05) is 18.2 Å². The molecule has 3 heteroatoms. The van der Waals surface area contributed by atoms with Crippen molar-refractivity contribution in [1.82, 2.24) is 0 Å². The van der Waals surface area contributed by atoms with Crippen molar-refractivity contribution in [2.75, 3.05) is 20.3 Å². The lowest BCUT2D eigenvalue weighted by molar-refractivity contribution is -0.124. The second-order valence-electron chi connectivity index (χ2n) is 7.63. The quantitative estimate of drug-likeness (QED) is 0.567. The second-order valence-corrected chi connectivity index (χ2v) is 7.63. The molecule has 0 bridgehead atoms. The van der Waals surface area contributed by atoms with Gasteiger partial charge < -0.3 is 14.2 Å². The number of hydrogen-bond donors (Lipinski definition) is 0.